The standard InChI is InChI=1S/C12H18N2O6S3.ClH/c1-12(11(15)20-5-4-14(2)3)7-8-6-9(23(13,18)19)22(16,17)10(8)21-12;/h6H,4-5,7H2,1-3H3,(H2,13,18,19);1H. The molecular formula is C12H19ClN2O6S3. The van der Waals surface area contributed by atoms with Gasteiger partial charge in [-0.15, -0.1) is 12.4 Å². The fourth-order valence-electron chi connectivity index (χ4n) is 2.21. The number of esters is 1. The van der Waals surface area contributed by atoms with Gasteiger partial charge in [-0.25, -0.2) is 22.0 Å². The molecule has 0 aliphatic carbocycles. The Hall–Kier alpha value is -0.590. The number of ether oxygens (including phenoxy) is 1. The van der Waals surface area contributed by atoms with Gasteiger partial charge in [-0.3, -0.25) is 4.79 Å². The number of carbonyl (C=O) groups is 1. The number of nitrogens with zero attached hydrogens (tertiary/aromatic N) is 1. The monoisotopic (exact) mass is 418 g/mol. The van der Waals surface area contributed by atoms with Crippen molar-refractivity contribution < 1.29 is 26.4 Å². The minimum absolute atomic E-state index is 0. The Bertz CT molecular complexity index is 816. The van der Waals surface area contributed by atoms with E-state index in [1.807, 2.05) is 19.0 Å². The number of allylic oxidation sites excluding steroid dienone is 2. The minimum Gasteiger partial charge on any atom is -0.463 e. The van der Waals surface area contributed by atoms with Gasteiger partial charge in [0.15, 0.2) is 4.24 Å². The number of rotatable bonds is 5. The van der Waals surface area contributed by atoms with Crippen LogP contribution in [0.15, 0.2) is 20.1 Å². The molecule has 0 aromatic heterocycles. The first-order chi connectivity index (χ1) is 10.4. The van der Waals surface area contributed by atoms with E-state index in [0.29, 0.717) is 6.54 Å². The molecule has 1 unspecified atom stereocenters. The number of nitrogens with two attached hydrogens (primary N) is 1. The Morgan fingerprint density at radius 3 is 2.50 bits per heavy atom. The zero-order chi connectivity index (χ0) is 17.6. The largest absolute Gasteiger partial charge is 0.463 e. The van der Waals surface area contributed by atoms with Crippen LogP contribution in [0.5, 0.6) is 0 Å². The van der Waals surface area contributed by atoms with Crippen molar-refractivity contribution in [1.29, 1.82) is 0 Å². The third-order valence-corrected chi connectivity index (χ3v) is 8.94. The quantitative estimate of drug-likeness (QED) is 0.627. The summed E-state index contributed by atoms with van der Waals surface area (Å²) in [6, 6.07) is 0. The summed E-state index contributed by atoms with van der Waals surface area (Å²) in [6.07, 6.45) is 1.11. The molecule has 0 radical (unpaired) electrons. The van der Waals surface area contributed by atoms with Crippen molar-refractivity contribution in [2.24, 2.45) is 5.14 Å². The van der Waals surface area contributed by atoms with Crippen molar-refractivity contribution in [3.63, 3.8) is 0 Å². The van der Waals surface area contributed by atoms with Crippen LogP contribution in [0.1, 0.15) is 13.3 Å². The van der Waals surface area contributed by atoms with Gasteiger partial charge >= 0.3 is 5.97 Å². The molecule has 2 N–H and O–H groups in total. The van der Waals surface area contributed by atoms with Gasteiger partial charge in [-0.05, 0) is 39.1 Å². The molecule has 2 rings (SSSR count). The molecule has 0 saturated heterocycles. The lowest BCUT2D eigenvalue weighted by Gasteiger charge is -2.22. The molecule has 2 aliphatic heterocycles. The van der Waals surface area contributed by atoms with E-state index >= 15 is 0 Å². The molecule has 1 atom stereocenters. The Morgan fingerprint density at radius 2 is 2.04 bits per heavy atom. The van der Waals surface area contributed by atoms with E-state index in [4.69, 9.17) is 9.88 Å². The number of hydrogen-bond donors (Lipinski definition) is 1. The molecular weight excluding hydrogens is 400 g/mol. The molecule has 2 heterocycles. The van der Waals surface area contributed by atoms with Gasteiger partial charge in [0, 0.05) is 6.54 Å². The van der Waals surface area contributed by atoms with Crippen LogP contribution in [0.4, 0.5) is 0 Å². The number of hydrogen-bond acceptors (Lipinski definition) is 8. The van der Waals surface area contributed by atoms with Crippen LogP contribution in [-0.2, 0) is 29.4 Å². The number of likely N-dealkylation sites (N-methyl/N-ethyl adjacent to an activating group) is 1. The Kier molecular flexibility index (Phi) is 6.22. The highest BCUT2D eigenvalue weighted by molar-refractivity contribution is 8.26. The summed E-state index contributed by atoms with van der Waals surface area (Å²) in [5, 5.41) is 4.93. The number of thioether (sulfide) groups is 1. The van der Waals surface area contributed by atoms with Crippen LogP contribution in [0.25, 0.3) is 0 Å². The highest BCUT2D eigenvalue weighted by atomic mass is 35.5. The zero-order valence-electron chi connectivity index (χ0n) is 13.3. The van der Waals surface area contributed by atoms with E-state index in [1.165, 1.54) is 0 Å². The molecule has 24 heavy (non-hydrogen) atoms. The first kappa shape index (κ1) is 21.5. The number of carbonyl (C=O) groups excluding carboxylic acids is 1. The van der Waals surface area contributed by atoms with Gasteiger partial charge in [0.2, 0.25) is 19.9 Å². The van der Waals surface area contributed by atoms with Crippen LogP contribution < -0.4 is 5.14 Å². The number of halogens is 1. The molecule has 0 spiro atoms. The van der Waals surface area contributed by atoms with Gasteiger partial charge in [-0.2, -0.15) is 0 Å². The average Bonchev–Trinajstić information content (AvgIpc) is 2.83. The maximum absolute atomic E-state index is 12.3. The lowest BCUT2D eigenvalue weighted by molar-refractivity contribution is -0.146. The Morgan fingerprint density at radius 1 is 1.46 bits per heavy atom. The fourth-order valence-corrected chi connectivity index (χ4v) is 7.41. The van der Waals surface area contributed by atoms with E-state index in [2.05, 4.69) is 0 Å². The number of sulfone groups is 1. The minimum atomic E-state index is -4.34. The molecule has 138 valence electrons. The van der Waals surface area contributed by atoms with E-state index < -0.39 is 34.8 Å². The highest BCUT2D eigenvalue weighted by Gasteiger charge is 2.51. The van der Waals surface area contributed by atoms with Gasteiger partial charge in [-0.1, -0.05) is 11.8 Å². The van der Waals surface area contributed by atoms with Crippen molar-refractivity contribution in [3.05, 3.63) is 20.1 Å². The lowest BCUT2D eigenvalue weighted by Crippen LogP contribution is -2.34. The molecule has 0 bridgehead atoms. The van der Waals surface area contributed by atoms with Crippen molar-refractivity contribution in [1.82, 2.24) is 4.90 Å². The van der Waals surface area contributed by atoms with Crippen molar-refractivity contribution in [3.8, 4) is 0 Å². The summed E-state index contributed by atoms with van der Waals surface area (Å²) in [6.45, 7) is 2.32. The number of primary sulfonamides is 1. The molecule has 0 aromatic carbocycles. The predicted octanol–water partition coefficient (Wildman–Crippen LogP) is 0.179. The first-order valence-electron chi connectivity index (χ1n) is 6.62. The third-order valence-electron chi connectivity index (χ3n) is 3.39. The van der Waals surface area contributed by atoms with E-state index in [9.17, 15) is 21.6 Å². The number of sulfonamides is 1. The van der Waals surface area contributed by atoms with Crippen LogP contribution in [0.3, 0.4) is 0 Å². The second-order valence-electron chi connectivity index (χ2n) is 5.77. The van der Waals surface area contributed by atoms with E-state index in [-0.39, 0.29) is 35.2 Å². The normalized spacial score (nSPS) is 25.3. The fraction of sp³-hybridized carbons (Fsp3) is 0.583. The Labute approximate surface area is 151 Å². The van der Waals surface area contributed by atoms with E-state index in [0.717, 1.165) is 17.8 Å². The molecule has 2 aliphatic rings. The summed E-state index contributed by atoms with van der Waals surface area (Å²) in [5.41, 5.74) is 0.283. The van der Waals surface area contributed by atoms with Gasteiger partial charge in [0.05, 0.1) is 0 Å². The van der Waals surface area contributed by atoms with Crippen LogP contribution in [0, 0.1) is 0 Å². The second-order valence-corrected chi connectivity index (χ2v) is 11.2. The summed E-state index contributed by atoms with van der Waals surface area (Å²) in [7, 11) is -4.85. The maximum Gasteiger partial charge on any atom is 0.322 e. The Balaban J connectivity index is 0.00000288. The molecule has 8 nitrogen and oxygen atoms in total. The highest BCUT2D eigenvalue weighted by Crippen LogP contribution is 2.54. The topological polar surface area (TPSA) is 124 Å². The van der Waals surface area contributed by atoms with Gasteiger partial charge < -0.3 is 9.64 Å². The molecule has 12 heteroatoms. The SMILES string of the molecule is CN(C)CCOC(=O)C1(C)CC2=C(S1)S(=O)(=O)C(S(N)(=O)=O)=C2.Cl. The lowest BCUT2D eigenvalue weighted by atomic mass is 10.0. The van der Waals surface area contributed by atoms with Crippen LogP contribution >= 0.6 is 24.2 Å². The van der Waals surface area contributed by atoms with E-state index in [1.54, 1.807) is 6.92 Å². The van der Waals surface area contributed by atoms with Crippen LogP contribution in [-0.4, -0.2) is 59.7 Å². The maximum atomic E-state index is 12.3. The average molecular weight is 419 g/mol. The smallest absolute Gasteiger partial charge is 0.322 e. The van der Waals surface area contributed by atoms with Crippen molar-refractivity contribution in [2.75, 3.05) is 27.2 Å². The zero-order valence-corrected chi connectivity index (χ0v) is 16.6. The van der Waals surface area contributed by atoms with Crippen molar-refractivity contribution >= 4 is 50.0 Å². The molecule has 0 amide bonds. The van der Waals surface area contributed by atoms with Gasteiger partial charge in [0.1, 0.15) is 15.6 Å². The summed E-state index contributed by atoms with van der Waals surface area (Å²) >= 11 is 0.809. The summed E-state index contributed by atoms with van der Waals surface area (Å²) < 4.78 is 50.4. The second kappa shape index (κ2) is 6.96. The first-order valence-corrected chi connectivity index (χ1v) is 10.5. The molecule has 0 saturated carbocycles. The van der Waals surface area contributed by atoms with Gasteiger partial charge in [0.25, 0.3) is 0 Å². The predicted molar refractivity (Wildman–Crippen MR) is 94.5 cm³/mol. The molecule has 0 aromatic rings. The summed E-state index contributed by atoms with van der Waals surface area (Å²) in [5.74, 6) is -0.528. The van der Waals surface area contributed by atoms with Crippen molar-refractivity contribution in [2.45, 2.75) is 18.1 Å². The molecule has 0 fully saturated rings. The van der Waals surface area contributed by atoms with Crippen LogP contribution in [0.2, 0.25) is 0 Å². The summed E-state index contributed by atoms with van der Waals surface area (Å²) in [4.78, 5) is 14.1. The third kappa shape index (κ3) is 3.97.